The van der Waals surface area contributed by atoms with Gasteiger partial charge in [0, 0.05) is 67.8 Å². The van der Waals surface area contributed by atoms with Gasteiger partial charge in [-0.3, -0.25) is 50.4 Å². The lowest BCUT2D eigenvalue weighted by atomic mass is 10.1. The third-order valence-corrected chi connectivity index (χ3v) is 31.1. The van der Waals surface area contributed by atoms with Crippen LogP contribution in [0.15, 0.2) is 121 Å². The van der Waals surface area contributed by atoms with E-state index in [2.05, 4.69) is 135 Å². The van der Waals surface area contributed by atoms with Crippen molar-refractivity contribution in [2.24, 2.45) is 0 Å². The van der Waals surface area contributed by atoms with E-state index in [0.717, 1.165) is 52.8 Å². The number of hydrogen-bond donors (Lipinski definition) is 4. The van der Waals surface area contributed by atoms with E-state index in [1.54, 1.807) is 121 Å². The van der Waals surface area contributed by atoms with Gasteiger partial charge in [0.25, 0.3) is 23.6 Å². The van der Waals surface area contributed by atoms with Crippen molar-refractivity contribution in [2.45, 2.75) is 70.6 Å². The van der Waals surface area contributed by atoms with Gasteiger partial charge in [-0.05, 0) is 187 Å². The summed E-state index contributed by atoms with van der Waals surface area (Å²) in [5, 5.41) is 30.5. The molecule has 2 saturated carbocycles. The first kappa shape index (κ1) is 97.1. The van der Waals surface area contributed by atoms with Crippen molar-refractivity contribution in [1.29, 1.82) is 0 Å². The summed E-state index contributed by atoms with van der Waals surface area (Å²) in [6.07, 6.45) is 3.57. The highest BCUT2D eigenvalue weighted by atomic mass is 127. The van der Waals surface area contributed by atoms with E-state index in [9.17, 15) is 36.0 Å². The summed E-state index contributed by atoms with van der Waals surface area (Å²) in [5.41, 5.74) is 11.6. The van der Waals surface area contributed by atoms with Crippen molar-refractivity contribution in [3.63, 3.8) is 0 Å². The molecule has 129 heavy (non-hydrogen) atoms. The Labute approximate surface area is 825 Å². The Kier molecular flexibility index (Phi) is 31.6. The fraction of sp³-hybridized carbons (Fsp3) is 0.244. The lowest BCUT2D eigenvalue weighted by molar-refractivity contribution is 0.0789. The Balaban J connectivity index is 0.000000147. The highest BCUT2D eigenvalue weighted by molar-refractivity contribution is 14.1. The minimum absolute atomic E-state index is 0.0139. The van der Waals surface area contributed by atoms with Crippen molar-refractivity contribution in [3.05, 3.63) is 274 Å². The molecule has 16 rings (SSSR count). The minimum atomic E-state index is -3.13. The van der Waals surface area contributed by atoms with Crippen LogP contribution in [0.2, 0.25) is 40.2 Å². The summed E-state index contributed by atoms with van der Waals surface area (Å²) >= 11 is 60.5. The number of halogens is 10. The molecule has 4 aromatic carbocycles. The van der Waals surface area contributed by atoms with E-state index in [1.807, 2.05) is 57.2 Å². The van der Waals surface area contributed by atoms with Gasteiger partial charge < -0.3 is 9.69 Å². The Hall–Kier alpha value is -9.43. The van der Waals surface area contributed by atoms with Crippen molar-refractivity contribution < 1.29 is 36.0 Å². The average molecular weight is 2220 g/mol. The fourth-order valence-electron chi connectivity index (χ4n) is 13.0. The zero-order chi connectivity index (χ0) is 92.6. The maximum absolute atomic E-state index is 13.2. The van der Waals surface area contributed by atoms with E-state index >= 15 is 0 Å². The van der Waals surface area contributed by atoms with Crippen LogP contribution in [-0.2, 0) is 19.7 Å². The molecule has 27 nitrogen and oxygen atoms in total. The molecule has 2 aliphatic heterocycles. The summed E-state index contributed by atoms with van der Waals surface area (Å²) in [7, 11) is -6.17. The molecule has 658 valence electrons. The van der Waals surface area contributed by atoms with Crippen LogP contribution in [0.25, 0.3) is 89.3 Å². The number of amides is 4. The Bertz CT molecular complexity index is 7060. The molecule has 2 saturated heterocycles. The second-order valence-corrected chi connectivity index (χ2v) is 45.0. The Morgan fingerprint density at radius 1 is 0.426 bits per heavy atom. The number of carbonyl (C=O) groups excluding carboxylic acids is 4. The molecule has 0 bridgehead atoms. The molecule has 4 N–H and O–H groups in total. The SMILES string of the molecule is Cc1c(C(=O)NN2CCS(=O)(=O)CC2)nn(-c2ccc(Cl)cc2Cl)c1-c1ccc(I)s1.[C-]#[N+]C1(NC(=O)c2nn(-c3ccc(Cl)cc3Cl)c(-c3ccc(I)s3)c2C)CC1.[C-]#[N+]CCC#Cc1ccc(-c2c(C)c(C(=O)NC3([N+]#[C-])CC3)nn2-c2ccc(Cl)cc2Cl)s1.[C-]#[N+]CCC#Cc1ccc(-c2c([N+]#[C-])c(C(=O)NN3CCS(=O)(=O)CC3)nn2-c2ccc(Cl)cc2Cl)s1. The lowest BCUT2D eigenvalue weighted by Crippen LogP contribution is -2.50. The highest BCUT2D eigenvalue weighted by Gasteiger charge is 2.54. The van der Waals surface area contributed by atoms with E-state index < -0.39 is 42.8 Å². The van der Waals surface area contributed by atoms with Gasteiger partial charge >= 0.3 is 11.3 Å². The third-order valence-electron chi connectivity index (χ3n) is 19.9. The van der Waals surface area contributed by atoms with Crippen molar-refractivity contribution in [3.8, 4) is 88.7 Å². The van der Waals surface area contributed by atoms with Gasteiger partial charge in [-0.25, -0.2) is 76.7 Å². The number of carbonyl (C=O) groups is 4. The number of nitrogens with one attached hydrogen (secondary N) is 4. The summed E-state index contributed by atoms with van der Waals surface area (Å²) in [5.74, 6) is 10.2. The standard InChI is InChI=1S/C24H18Cl2N6O3S2.C24H17Cl2N5OS.C19H17Cl2IN4O3S2.C19H13Cl2IN4OS/c1-27-10-4-3-5-17-7-9-20(36-17)23-21(28-2)22(24(33)30-31-11-13-37(34,35)14-12-31)29-32(23)19-8-6-16(25)15-18(19)26;1-15-21(23(32)29-24(28-3)11-12-24)30-31(19-9-7-16(25)14-18(19)26)22(15)20-10-8-17(33-20)6-4-5-13-27-2;1-11-17(19(27)24-25-6-8-31(28,29)9-7-25)23-26(14-3-2-12(20)10-13(14)21)18(11)15-4-5-16(22)30-15;1-10-16(18(27)24-19(23-2)7-8-19)25-26(13-4-3-11(20)9-12(13)21)17(10)14-5-6-15(22)28-14/h6-9,15H,4,10-14H2,(H,30,33);7-10,14H,5,11-13H2,1H3,(H,29,32);2-5,10H,6-9H2,1H3,(H,24,27);3-6,9H,7-8H2,1H3,(H,24,27). The van der Waals surface area contributed by atoms with Crippen LogP contribution in [0.3, 0.4) is 0 Å². The predicted molar refractivity (Wildman–Crippen MR) is 527 cm³/mol. The first-order valence-corrected chi connectivity index (χ1v) is 50.6. The average Bonchev–Trinajstić information content (AvgIpc) is 1.62. The smallest absolute Gasteiger partial charge is 0.308 e. The van der Waals surface area contributed by atoms with Crippen LogP contribution in [0, 0.1) is 83.1 Å². The molecule has 4 fully saturated rings. The Morgan fingerprint density at radius 2 is 0.729 bits per heavy atom. The van der Waals surface area contributed by atoms with Crippen LogP contribution in [0.1, 0.15) is 107 Å². The monoisotopic (exact) mass is 2220 g/mol. The number of nitrogens with zero attached hydrogens (tertiary/aromatic N) is 15. The first-order valence-electron chi connectivity index (χ1n) is 38.5. The molecule has 2 aliphatic carbocycles. The molecule has 0 spiro atoms. The predicted octanol–water partition coefficient (Wildman–Crippen LogP) is 20.7. The maximum Gasteiger partial charge on any atom is 0.308 e. The molecule has 4 aliphatic rings. The van der Waals surface area contributed by atoms with Gasteiger partial charge in [-0.1, -0.05) is 116 Å². The van der Waals surface area contributed by atoms with Gasteiger partial charge in [0.05, 0.1) is 164 Å². The Morgan fingerprint density at radius 3 is 1.03 bits per heavy atom. The van der Waals surface area contributed by atoms with Gasteiger partial charge in [0.2, 0.25) is 18.8 Å². The summed E-state index contributed by atoms with van der Waals surface area (Å²) < 4.78 is 55.4. The number of sulfone groups is 2. The second-order valence-electron chi connectivity index (χ2n) is 28.9. The van der Waals surface area contributed by atoms with Crippen LogP contribution < -0.4 is 21.5 Å². The van der Waals surface area contributed by atoms with Gasteiger partial charge in [-0.15, -0.1) is 45.3 Å². The van der Waals surface area contributed by atoms with Crippen LogP contribution in [-0.4, -0.2) is 163 Å². The molecule has 8 aromatic heterocycles. The van der Waals surface area contributed by atoms with Crippen molar-refractivity contribution in [1.82, 2.24) is 70.6 Å². The maximum atomic E-state index is 13.2. The van der Waals surface area contributed by atoms with Crippen molar-refractivity contribution >= 4 is 232 Å². The molecule has 12 aromatic rings. The molecule has 0 unspecified atom stereocenters. The van der Waals surface area contributed by atoms with Crippen LogP contribution in [0.4, 0.5) is 5.69 Å². The highest BCUT2D eigenvalue weighted by Crippen LogP contribution is 2.45. The summed E-state index contributed by atoms with van der Waals surface area (Å²) in [6.45, 7) is 43.2. The zero-order valence-corrected chi connectivity index (χ0v) is 82.8. The summed E-state index contributed by atoms with van der Waals surface area (Å²) in [4.78, 5) is 74.5. The largest absolute Gasteiger partial charge is 0.316 e. The van der Waals surface area contributed by atoms with Crippen LogP contribution in [0.5, 0.6) is 0 Å². The van der Waals surface area contributed by atoms with E-state index in [-0.39, 0.29) is 88.8 Å². The fourth-order valence-corrected chi connectivity index (χ4v) is 22.7. The number of aromatic nitrogens is 8. The molecular formula is C86H65Cl8I2N19O8S6. The molecule has 4 amide bonds. The molecule has 0 atom stereocenters. The minimum Gasteiger partial charge on any atom is -0.316 e. The molecule has 43 heteroatoms. The quantitative estimate of drug-likeness (QED) is 0.0269. The van der Waals surface area contributed by atoms with Gasteiger partial charge in [0.15, 0.2) is 42.5 Å². The van der Waals surface area contributed by atoms with Gasteiger partial charge in [0.1, 0.15) is 0 Å². The third kappa shape index (κ3) is 23.4. The zero-order valence-electron chi connectivity index (χ0n) is 67.6. The van der Waals surface area contributed by atoms with Crippen LogP contribution >= 0.6 is 183 Å². The van der Waals surface area contributed by atoms with E-state index in [1.165, 1.54) is 38.4 Å². The number of benzene rings is 4. The number of hydrazine groups is 2. The summed E-state index contributed by atoms with van der Waals surface area (Å²) in [6, 6.07) is 35.6. The number of hydrogen-bond acceptors (Lipinski definition) is 18. The normalized spacial score (nSPS) is 14.7. The first-order chi connectivity index (χ1) is 61.6. The number of thiophene rings is 4. The topological polar surface area (TPSA) is 284 Å². The number of rotatable bonds is 18. The molecule has 0 radical (unpaired) electrons. The lowest BCUT2D eigenvalue weighted by Gasteiger charge is -2.26. The molecule has 10 heterocycles. The van der Waals surface area contributed by atoms with Crippen molar-refractivity contribution in [2.75, 3.05) is 62.3 Å². The van der Waals surface area contributed by atoms with E-state index in [4.69, 9.17) is 126 Å². The van der Waals surface area contributed by atoms with E-state index in [0.29, 0.717) is 137 Å². The van der Waals surface area contributed by atoms with Gasteiger partial charge in [-0.2, -0.15) is 20.4 Å². The molecular weight excluding hydrogens is 2160 g/mol. The second kappa shape index (κ2) is 42.0.